The van der Waals surface area contributed by atoms with Crippen molar-refractivity contribution >= 4 is 44.7 Å². The molecule has 1 aromatic heterocycles. The highest BCUT2D eigenvalue weighted by molar-refractivity contribution is 7.91. The number of carbonyl (C=O) groups is 4. The van der Waals surface area contributed by atoms with Crippen LogP contribution in [-0.4, -0.2) is 82.4 Å². The van der Waals surface area contributed by atoms with Crippen LogP contribution in [0.1, 0.15) is 80.8 Å². The highest BCUT2D eigenvalue weighted by Gasteiger charge is 2.62. The number of benzene rings is 2. The summed E-state index contributed by atoms with van der Waals surface area (Å²) in [5.41, 5.74) is -0.616. The first-order valence-corrected chi connectivity index (χ1v) is 20.0. The molecule has 0 bridgehead atoms. The first-order valence-electron chi connectivity index (χ1n) is 18.4. The number of allylic oxidation sites excluding steroid dienone is 1. The van der Waals surface area contributed by atoms with Gasteiger partial charge in [-0.25, -0.2) is 27.2 Å². The Labute approximate surface area is 311 Å². The minimum atomic E-state index is -3.93. The fourth-order valence-electron chi connectivity index (χ4n) is 7.26. The van der Waals surface area contributed by atoms with E-state index < -0.39 is 80.2 Å². The van der Waals surface area contributed by atoms with Crippen LogP contribution in [0.2, 0.25) is 0 Å². The summed E-state index contributed by atoms with van der Waals surface area (Å²) in [4.78, 5) is 66.2. The lowest BCUT2D eigenvalue weighted by molar-refractivity contribution is -0.141. The van der Waals surface area contributed by atoms with Crippen LogP contribution in [0.25, 0.3) is 11.0 Å². The summed E-state index contributed by atoms with van der Waals surface area (Å²) in [7, 11) is -3.93. The van der Waals surface area contributed by atoms with Crippen molar-refractivity contribution in [1.29, 1.82) is 0 Å². The van der Waals surface area contributed by atoms with E-state index >= 15 is 0 Å². The number of nitrogens with zero attached hydrogens (tertiary/aromatic N) is 3. The van der Waals surface area contributed by atoms with Gasteiger partial charge in [0.2, 0.25) is 27.7 Å². The zero-order chi connectivity index (χ0) is 38.2. The Hall–Kier alpha value is -4.99. The number of carbonyl (C=O) groups excluding carboxylic acids is 4. The van der Waals surface area contributed by atoms with E-state index in [0.29, 0.717) is 49.7 Å². The van der Waals surface area contributed by atoms with E-state index in [1.807, 2.05) is 19.1 Å². The van der Waals surface area contributed by atoms with Crippen LogP contribution in [0.5, 0.6) is 5.88 Å². The average molecular weight is 765 g/mol. The number of rotatable bonds is 8. The molecule has 3 fully saturated rings. The van der Waals surface area contributed by atoms with Crippen molar-refractivity contribution in [3.8, 4) is 5.88 Å². The largest absolute Gasteiger partial charge is 0.471 e. The molecule has 16 heteroatoms. The number of aromatic nitrogens is 2. The Bertz CT molecular complexity index is 2130. The molecule has 3 aromatic rings. The minimum absolute atomic E-state index is 0.0594. The summed E-state index contributed by atoms with van der Waals surface area (Å²) >= 11 is 0. The van der Waals surface area contributed by atoms with Gasteiger partial charge < -0.3 is 20.3 Å². The van der Waals surface area contributed by atoms with Crippen LogP contribution in [0.4, 0.5) is 8.78 Å². The molecule has 0 unspecified atom stereocenters. The number of halogens is 2. The summed E-state index contributed by atoms with van der Waals surface area (Å²) in [6.45, 7) is 1.71. The Morgan fingerprint density at radius 2 is 1.83 bits per heavy atom. The molecule has 1 saturated heterocycles. The molecule has 2 aromatic carbocycles. The lowest BCUT2D eigenvalue weighted by Crippen LogP contribution is -2.58. The van der Waals surface area contributed by atoms with Crippen LogP contribution in [0, 0.1) is 17.6 Å². The normalized spacial score (nSPS) is 26.8. The topological polar surface area (TPSA) is 177 Å². The predicted molar refractivity (Wildman–Crippen MR) is 192 cm³/mol. The maximum atomic E-state index is 14.6. The zero-order valence-corrected chi connectivity index (χ0v) is 30.5. The second kappa shape index (κ2) is 15.0. The van der Waals surface area contributed by atoms with Crippen molar-refractivity contribution in [3.63, 3.8) is 0 Å². The Balaban J connectivity index is 1.21. The van der Waals surface area contributed by atoms with Crippen LogP contribution in [0.15, 0.2) is 54.6 Å². The second-order valence-electron chi connectivity index (χ2n) is 14.5. The molecule has 286 valence electrons. The monoisotopic (exact) mass is 764 g/mol. The molecule has 0 radical (unpaired) electrons. The van der Waals surface area contributed by atoms with Gasteiger partial charge in [0.1, 0.15) is 41.1 Å². The molecule has 13 nitrogen and oxygen atoms in total. The van der Waals surface area contributed by atoms with Gasteiger partial charge in [-0.1, -0.05) is 44.1 Å². The van der Waals surface area contributed by atoms with Gasteiger partial charge >= 0.3 is 0 Å². The molecule has 2 aliphatic heterocycles. The molecule has 4 aliphatic rings. The molecule has 54 heavy (non-hydrogen) atoms. The zero-order valence-electron chi connectivity index (χ0n) is 29.7. The van der Waals surface area contributed by atoms with E-state index in [-0.39, 0.29) is 42.8 Å². The second-order valence-corrected chi connectivity index (χ2v) is 16.4. The number of sulfonamides is 1. The van der Waals surface area contributed by atoms with Gasteiger partial charge in [0.05, 0.1) is 28.4 Å². The third-order valence-corrected chi connectivity index (χ3v) is 12.4. The molecule has 3 N–H and O–H groups in total. The van der Waals surface area contributed by atoms with E-state index in [1.54, 1.807) is 0 Å². The smallest absolute Gasteiger partial charge is 0.259 e. The maximum Gasteiger partial charge on any atom is 0.259 e. The van der Waals surface area contributed by atoms with E-state index in [2.05, 4.69) is 25.3 Å². The number of aryl methyl sites for hydroxylation is 1. The summed E-state index contributed by atoms with van der Waals surface area (Å²) in [6, 6.07) is 7.06. The third kappa shape index (κ3) is 7.79. The molecule has 3 heterocycles. The molecule has 0 spiro atoms. The fraction of sp³-hybridized carbons (Fsp3) is 0.474. The van der Waals surface area contributed by atoms with Gasteiger partial charge in [0.15, 0.2) is 0 Å². The number of ether oxygens (including phenoxy) is 1. The van der Waals surface area contributed by atoms with Crippen molar-refractivity contribution in [3.05, 3.63) is 77.5 Å². The van der Waals surface area contributed by atoms with Gasteiger partial charge in [-0.2, -0.15) is 0 Å². The van der Waals surface area contributed by atoms with Gasteiger partial charge in [-0.15, -0.1) is 0 Å². The fourth-order valence-corrected chi connectivity index (χ4v) is 8.62. The number of hydrogen-bond acceptors (Lipinski definition) is 9. The highest BCUT2D eigenvalue weighted by Crippen LogP contribution is 2.46. The number of hydrogen-bond donors (Lipinski definition) is 3. The molecule has 7 rings (SSSR count). The van der Waals surface area contributed by atoms with Crippen molar-refractivity contribution < 1.29 is 41.1 Å². The Kier molecular flexibility index (Phi) is 10.4. The van der Waals surface area contributed by atoms with Crippen LogP contribution in [-0.2, 0) is 30.8 Å². The summed E-state index contributed by atoms with van der Waals surface area (Å²) in [5.74, 6) is -4.59. The average Bonchev–Trinajstić information content (AvgIpc) is 4.07. The van der Waals surface area contributed by atoms with Gasteiger partial charge in [0, 0.05) is 18.4 Å². The number of fused-ring (bicyclic) bond motifs is 3. The van der Waals surface area contributed by atoms with Crippen molar-refractivity contribution in [2.75, 3.05) is 6.54 Å². The maximum absolute atomic E-state index is 14.6. The van der Waals surface area contributed by atoms with Crippen molar-refractivity contribution in [1.82, 2.24) is 30.2 Å². The summed E-state index contributed by atoms with van der Waals surface area (Å²) < 4.78 is 62.9. The van der Waals surface area contributed by atoms with E-state index in [0.717, 1.165) is 12.5 Å². The van der Waals surface area contributed by atoms with Gasteiger partial charge in [-0.05, 0) is 69.2 Å². The van der Waals surface area contributed by atoms with Crippen LogP contribution < -0.4 is 20.1 Å². The van der Waals surface area contributed by atoms with Crippen LogP contribution >= 0.6 is 0 Å². The minimum Gasteiger partial charge on any atom is -0.471 e. The lowest BCUT2D eigenvalue weighted by Gasteiger charge is -2.30. The van der Waals surface area contributed by atoms with Gasteiger partial charge in [0.25, 0.3) is 11.8 Å². The molecular formula is C38H42F2N6O7S. The van der Waals surface area contributed by atoms with Crippen LogP contribution in [0.3, 0.4) is 0 Å². The predicted octanol–water partition coefficient (Wildman–Crippen LogP) is 3.62. The highest BCUT2D eigenvalue weighted by atomic mass is 32.2. The molecule has 2 aliphatic carbocycles. The number of amides is 4. The molecule has 2 saturated carbocycles. The van der Waals surface area contributed by atoms with Gasteiger partial charge in [-0.3, -0.25) is 23.9 Å². The molecular weight excluding hydrogens is 723 g/mol. The molecule has 4 amide bonds. The van der Waals surface area contributed by atoms with E-state index in [1.165, 1.54) is 41.3 Å². The summed E-state index contributed by atoms with van der Waals surface area (Å²) in [6.07, 6.45) is 7.07. The van der Waals surface area contributed by atoms with E-state index in [9.17, 15) is 36.4 Å². The first-order chi connectivity index (χ1) is 25.9. The quantitative estimate of drug-likeness (QED) is 0.289. The summed E-state index contributed by atoms with van der Waals surface area (Å²) in [5, 5.41) is 4.84. The van der Waals surface area contributed by atoms with Crippen molar-refractivity contribution in [2.24, 2.45) is 5.92 Å². The molecule has 5 atom stereocenters. The Morgan fingerprint density at radius 3 is 2.59 bits per heavy atom. The van der Waals surface area contributed by atoms with E-state index in [4.69, 9.17) is 4.74 Å². The number of nitrogens with one attached hydrogen (secondary N) is 3. The Morgan fingerprint density at radius 1 is 1.04 bits per heavy atom. The first kappa shape index (κ1) is 37.3. The SMILES string of the molecule is CCc1nc2ccc(F)cc2nc1O[C@@H]1C[C@H]2C(=O)N[C@]3(C(=O)NS(=O)(=O)C4CC4)C[C@H]3/C=C\CCCCC[C@H](NC(=O)c3ccccc3F)C(=O)N2C1. The standard InChI is InChI=1S/C38H42F2N6O7S/c1-2-28-35(43-31-18-23(39)14-17-29(31)41-28)53-24-19-32-34(48)44-38(37(50)45-54(51,52)25-15-16-25)20-22(38)10-6-4-3-5-7-13-30(36(49)46(32)21-24)42-33(47)26-11-8-9-12-27(26)40/h6,8-12,14,17-18,22,24-25,30,32H,2-5,7,13,15-16,19-21H2,1H3,(H,42,47)(H,44,48)(H,45,50)/b10-6-/t22-,24-,30+,32+,38-/m1/s1. The lowest BCUT2D eigenvalue weighted by atomic mass is 10.0. The van der Waals surface area contributed by atoms with Crippen molar-refractivity contribution in [2.45, 2.75) is 100 Å². The third-order valence-electron chi connectivity index (χ3n) is 10.5.